The zero-order valence-corrected chi connectivity index (χ0v) is 19.0. The Morgan fingerprint density at radius 1 is 1.09 bits per heavy atom. The number of phenolic OH excluding ortho intramolecular Hbond substituents is 1. The lowest BCUT2D eigenvalue weighted by atomic mass is 10.0. The molecule has 34 heavy (non-hydrogen) atoms. The van der Waals surface area contributed by atoms with E-state index in [0.717, 1.165) is 22.2 Å². The van der Waals surface area contributed by atoms with Crippen LogP contribution in [0, 0.1) is 6.92 Å². The number of aryl methyl sites for hydroxylation is 1. The monoisotopic (exact) mass is 455 g/mol. The van der Waals surface area contributed by atoms with Gasteiger partial charge in [-0.25, -0.2) is 0 Å². The number of rotatable bonds is 6. The minimum Gasteiger partial charge on any atom is -0.507 e. The van der Waals surface area contributed by atoms with Gasteiger partial charge in [0, 0.05) is 31.3 Å². The van der Waals surface area contributed by atoms with Crippen LogP contribution in [0.3, 0.4) is 0 Å². The normalized spacial score (nSPS) is 15.0. The number of hydrogen-bond donors (Lipinski definition) is 2. The number of carbonyl (C=O) groups excluding carboxylic acids is 1. The molecule has 1 amide bonds. The Bertz CT molecular complexity index is 1380. The molecule has 1 unspecified atom stereocenters. The van der Waals surface area contributed by atoms with Crippen molar-refractivity contribution in [3.05, 3.63) is 107 Å². The maximum atomic E-state index is 13.3. The SMILES string of the molecule is Cc1cccc(Cc2n[nH]c3cc(O)c(C(=O)N(C)C4=COC(Cc5ccccc5)O4)cc23)c1. The lowest BCUT2D eigenvalue weighted by molar-refractivity contribution is -0.0432. The van der Waals surface area contributed by atoms with E-state index in [2.05, 4.69) is 16.3 Å². The highest BCUT2D eigenvalue weighted by Gasteiger charge is 2.28. The van der Waals surface area contributed by atoms with Crippen molar-refractivity contribution in [2.45, 2.75) is 26.1 Å². The van der Waals surface area contributed by atoms with Crippen molar-refractivity contribution in [2.24, 2.45) is 0 Å². The summed E-state index contributed by atoms with van der Waals surface area (Å²) < 4.78 is 11.4. The molecular weight excluding hydrogens is 430 g/mol. The van der Waals surface area contributed by atoms with E-state index >= 15 is 0 Å². The highest BCUT2D eigenvalue weighted by atomic mass is 16.7. The molecule has 1 aliphatic rings. The molecule has 7 nitrogen and oxygen atoms in total. The van der Waals surface area contributed by atoms with Crippen molar-refractivity contribution in [3.8, 4) is 5.75 Å². The number of hydrogen-bond acceptors (Lipinski definition) is 5. The Labute approximate surface area is 197 Å². The number of amides is 1. The number of nitrogens with zero attached hydrogens (tertiary/aromatic N) is 2. The Kier molecular flexibility index (Phi) is 5.67. The molecule has 2 N–H and O–H groups in total. The van der Waals surface area contributed by atoms with Crippen molar-refractivity contribution >= 4 is 16.8 Å². The van der Waals surface area contributed by atoms with Crippen LogP contribution in [-0.2, 0) is 22.3 Å². The van der Waals surface area contributed by atoms with Crippen LogP contribution in [0.1, 0.15) is 32.7 Å². The molecule has 1 aliphatic heterocycles. The van der Waals surface area contributed by atoms with Crippen molar-refractivity contribution < 1.29 is 19.4 Å². The topological polar surface area (TPSA) is 87.7 Å². The molecule has 0 bridgehead atoms. The molecule has 0 radical (unpaired) electrons. The standard InChI is InChI=1S/C27H25N3O4/c1-17-7-6-10-19(11-17)12-22-20-14-21(24(31)15-23(20)29-28-22)27(32)30(2)25-16-33-26(34-25)13-18-8-4-3-5-9-18/h3-11,14-16,26,31H,12-13H2,1-2H3,(H,28,29). The molecule has 7 heteroatoms. The zero-order chi connectivity index (χ0) is 23.7. The summed E-state index contributed by atoms with van der Waals surface area (Å²) in [6.45, 7) is 2.05. The first-order valence-electron chi connectivity index (χ1n) is 11.1. The second kappa shape index (κ2) is 8.94. The number of aromatic amines is 1. The third-order valence-corrected chi connectivity index (χ3v) is 5.90. The smallest absolute Gasteiger partial charge is 0.264 e. The maximum Gasteiger partial charge on any atom is 0.264 e. The number of aromatic nitrogens is 2. The van der Waals surface area contributed by atoms with Crippen LogP contribution in [0.5, 0.6) is 5.75 Å². The molecule has 0 saturated heterocycles. The molecule has 0 fully saturated rings. The summed E-state index contributed by atoms with van der Waals surface area (Å²) >= 11 is 0. The lowest BCUT2D eigenvalue weighted by Gasteiger charge is -2.19. The van der Waals surface area contributed by atoms with E-state index in [1.807, 2.05) is 55.5 Å². The fourth-order valence-electron chi connectivity index (χ4n) is 4.09. The first kappa shape index (κ1) is 21.6. The van der Waals surface area contributed by atoms with E-state index in [1.54, 1.807) is 13.1 Å². The summed E-state index contributed by atoms with van der Waals surface area (Å²) in [5, 5.41) is 18.7. The molecule has 1 aromatic heterocycles. The second-order valence-electron chi connectivity index (χ2n) is 8.44. The lowest BCUT2D eigenvalue weighted by Crippen LogP contribution is -2.27. The third-order valence-electron chi connectivity index (χ3n) is 5.90. The average Bonchev–Trinajstić information content (AvgIpc) is 3.45. The first-order chi connectivity index (χ1) is 16.5. The summed E-state index contributed by atoms with van der Waals surface area (Å²) in [7, 11) is 1.59. The number of phenols is 1. The van der Waals surface area contributed by atoms with Gasteiger partial charge in [-0.1, -0.05) is 60.2 Å². The third kappa shape index (κ3) is 4.32. The number of carbonyl (C=O) groups is 1. The molecule has 1 atom stereocenters. The number of aromatic hydroxyl groups is 1. The summed E-state index contributed by atoms with van der Waals surface area (Å²) in [6.07, 6.45) is 2.08. The summed E-state index contributed by atoms with van der Waals surface area (Å²) in [6, 6.07) is 21.3. The quantitative estimate of drug-likeness (QED) is 0.442. The van der Waals surface area contributed by atoms with Gasteiger partial charge in [-0.05, 0) is 24.1 Å². The van der Waals surface area contributed by atoms with Gasteiger partial charge in [0.15, 0.2) is 0 Å². The van der Waals surface area contributed by atoms with Crippen LogP contribution in [0.25, 0.3) is 10.9 Å². The Morgan fingerprint density at radius 3 is 2.68 bits per heavy atom. The number of benzene rings is 3. The highest BCUT2D eigenvalue weighted by Crippen LogP contribution is 2.30. The Hall–Kier alpha value is -4.26. The van der Waals surface area contributed by atoms with Crippen molar-refractivity contribution in [1.29, 1.82) is 0 Å². The summed E-state index contributed by atoms with van der Waals surface area (Å²) in [4.78, 5) is 14.6. The number of fused-ring (bicyclic) bond motifs is 1. The van der Waals surface area contributed by atoms with E-state index < -0.39 is 12.2 Å². The van der Waals surface area contributed by atoms with Gasteiger partial charge in [-0.15, -0.1) is 0 Å². The minimum atomic E-state index is -0.515. The minimum absolute atomic E-state index is 0.129. The van der Waals surface area contributed by atoms with Gasteiger partial charge in [0.25, 0.3) is 5.91 Å². The Morgan fingerprint density at radius 2 is 1.88 bits per heavy atom. The van der Waals surface area contributed by atoms with Gasteiger partial charge < -0.3 is 14.6 Å². The summed E-state index contributed by atoms with van der Waals surface area (Å²) in [5.41, 5.74) is 5.00. The van der Waals surface area contributed by atoms with E-state index in [9.17, 15) is 9.90 Å². The fourth-order valence-corrected chi connectivity index (χ4v) is 4.09. The van der Waals surface area contributed by atoms with Crippen LogP contribution in [0.2, 0.25) is 0 Å². The molecule has 0 aliphatic carbocycles. The second-order valence-corrected chi connectivity index (χ2v) is 8.44. The Balaban J connectivity index is 1.35. The summed E-state index contributed by atoms with van der Waals surface area (Å²) in [5.74, 6) is -0.245. The molecule has 4 aromatic rings. The van der Waals surface area contributed by atoms with Crippen LogP contribution < -0.4 is 0 Å². The molecular formula is C27H25N3O4. The maximum absolute atomic E-state index is 13.3. The molecule has 0 spiro atoms. The van der Waals surface area contributed by atoms with Gasteiger partial charge >= 0.3 is 0 Å². The van der Waals surface area contributed by atoms with Crippen molar-refractivity contribution in [2.75, 3.05) is 7.05 Å². The molecule has 5 rings (SSSR count). The molecule has 172 valence electrons. The van der Waals surface area contributed by atoms with E-state index in [-0.39, 0.29) is 17.2 Å². The van der Waals surface area contributed by atoms with Crippen LogP contribution in [0.4, 0.5) is 0 Å². The van der Waals surface area contributed by atoms with Crippen LogP contribution in [0.15, 0.2) is 78.9 Å². The van der Waals surface area contributed by atoms with Crippen molar-refractivity contribution in [3.63, 3.8) is 0 Å². The highest BCUT2D eigenvalue weighted by molar-refractivity contribution is 6.01. The van der Waals surface area contributed by atoms with Crippen LogP contribution in [-0.4, -0.2) is 39.4 Å². The number of nitrogens with one attached hydrogen (secondary N) is 1. The van der Waals surface area contributed by atoms with E-state index in [0.29, 0.717) is 18.4 Å². The predicted octanol–water partition coefficient (Wildman–Crippen LogP) is 4.65. The molecule has 3 aromatic carbocycles. The fraction of sp³-hybridized carbons (Fsp3) is 0.185. The first-order valence-corrected chi connectivity index (χ1v) is 11.1. The van der Waals surface area contributed by atoms with Gasteiger partial charge in [-0.2, -0.15) is 5.10 Å². The largest absolute Gasteiger partial charge is 0.507 e. The van der Waals surface area contributed by atoms with Gasteiger partial charge in [0.2, 0.25) is 12.2 Å². The van der Waals surface area contributed by atoms with Gasteiger partial charge in [0.05, 0.1) is 16.8 Å². The number of H-pyrrole nitrogens is 1. The van der Waals surface area contributed by atoms with Gasteiger partial charge in [0.1, 0.15) is 12.0 Å². The predicted molar refractivity (Wildman–Crippen MR) is 128 cm³/mol. The molecule has 2 heterocycles. The van der Waals surface area contributed by atoms with E-state index in [1.165, 1.54) is 22.8 Å². The zero-order valence-electron chi connectivity index (χ0n) is 19.0. The molecule has 0 saturated carbocycles. The average molecular weight is 456 g/mol. The van der Waals surface area contributed by atoms with Gasteiger partial charge in [-0.3, -0.25) is 14.8 Å². The van der Waals surface area contributed by atoms with Crippen molar-refractivity contribution in [1.82, 2.24) is 15.1 Å². The van der Waals surface area contributed by atoms with E-state index in [4.69, 9.17) is 9.47 Å². The number of ether oxygens (including phenoxy) is 2. The van der Waals surface area contributed by atoms with Crippen LogP contribution >= 0.6 is 0 Å².